The molecule has 1 fully saturated rings. The van der Waals surface area contributed by atoms with Crippen LogP contribution in [-0.2, 0) is 4.79 Å². The van der Waals surface area contributed by atoms with Gasteiger partial charge in [-0.1, -0.05) is 0 Å². The first-order chi connectivity index (χ1) is 10.1. The second-order valence-corrected chi connectivity index (χ2v) is 5.39. The van der Waals surface area contributed by atoms with Crippen LogP contribution in [0.15, 0.2) is 24.3 Å². The van der Waals surface area contributed by atoms with E-state index in [0.717, 1.165) is 37.4 Å². The van der Waals surface area contributed by atoms with Crippen molar-refractivity contribution in [3.05, 3.63) is 24.3 Å². The molecule has 1 amide bonds. The molecule has 1 aliphatic heterocycles. The summed E-state index contributed by atoms with van der Waals surface area (Å²) in [6.45, 7) is 6.00. The fraction of sp³-hybridized carbons (Fsp3) is 0.562. The average Bonchev–Trinajstić information content (AvgIpc) is 2.49. The molecule has 1 atom stereocenters. The number of nitrogens with one attached hydrogen (secondary N) is 1. The van der Waals surface area contributed by atoms with E-state index in [1.807, 2.05) is 38.1 Å². The van der Waals surface area contributed by atoms with Gasteiger partial charge in [-0.3, -0.25) is 9.69 Å². The van der Waals surface area contributed by atoms with Crippen molar-refractivity contribution in [2.24, 2.45) is 0 Å². The summed E-state index contributed by atoms with van der Waals surface area (Å²) in [6, 6.07) is 7.19. The van der Waals surface area contributed by atoms with E-state index in [1.54, 1.807) is 0 Å². The molecule has 1 aromatic rings. The Bertz CT molecular complexity index is 453. The molecule has 2 N–H and O–H groups in total. The van der Waals surface area contributed by atoms with Crippen LogP contribution in [0.4, 0.5) is 5.69 Å². The van der Waals surface area contributed by atoms with Crippen molar-refractivity contribution in [1.29, 1.82) is 0 Å². The second-order valence-electron chi connectivity index (χ2n) is 5.39. The molecule has 0 spiro atoms. The predicted octanol–water partition coefficient (Wildman–Crippen LogP) is 1.87. The summed E-state index contributed by atoms with van der Waals surface area (Å²) in [6.07, 6.45) is 1.25. The van der Waals surface area contributed by atoms with Crippen molar-refractivity contribution in [2.45, 2.75) is 38.8 Å². The first kappa shape index (κ1) is 15.8. The summed E-state index contributed by atoms with van der Waals surface area (Å²) in [7, 11) is 0. The molecule has 1 heterocycles. The van der Waals surface area contributed by atoms with Crippen LogP contribution >= 0.6 is 0 Å². The molecule has 5 heteroatoms. The zero-order valence-corrected chi connectivity index (χ0v) is 12.7. The minimum absolute atomic E-state index is 0.0180. The first-order valence-electron chi connectivity index (χ1n) is 7.56. The third-order valence-electron chi connectivity index (χ3n) is 3.86. The van der Waals surface area contributed by atoms with E-state index in [-0.39, 0.29) is 18.1 Å². The largest absolute Gasteiger partial charge is 0.494 e. The Morgan fingerprint density at radius 1 is 1.38 bits per heavy atom. The van der Waals surface area contributed by atoms with E-state index < -0.39 is 0 Å². The minimum atomic E-state index is -0.220. The van der Waals surface area contributed by atoms with E-state index in [0.29, 0.717) is 6.61 Å². The molecule has 0 aliphatic carbocycles. The highest BCUT2D eigenvalue weighted by molar-refractivity contribution is 5.94. The van der Waals surface area contributed by atoms with Crippen LogP contribution in [0.3, 0.4) is 0 Å². The number of benzene rings is 1. The van der Waals surface area contributed by atoms with Crippen LogP contribution in [0.25, 0.3) is 0 Å². The number of hydrogen-bond donors (Lipinski definition) is 2. The number of nitrogens with zero attached hydrogens (tertiary/aromatic N) is 1. The maximum atomic E-state index is 12.3. The van der Waals surface area contributed by atoms with Gasteiger partial charge in [0.15, 0.2) is 0 Å². The Morgan fingerprint density at radius 3 is 2.57 bits per heavy atom. The summed E-state index contributed by atoms with van der Waals surface area (Å²) < 4.78 is 5.37. The van der Waals surface area contributed by atoms with Crippen LogP contribution in [0, 0.1) is 0 Å². The van der Waals surface area contributed by atoms with Crippen LogP contribution in [0.5, 0.6) is 5.75 Å². The lowest BCUT2D eigenvalue weighted by Crippen LogP contribution is -2.47. The lowest BCUT2D eigenvalue weighted by Gasteiger charge is -2.33. The van der Waals surface area contributed by atoms with Crippen LogP contribution in [0.1, 0.15) is 26.7 Å². The van der Waals surface area contributed by atoms with Crippen molar-refractivity contribution in [3.8, 4) is 5.75 Å². The van der Waals surface area contributed by atoms with E-state index >= 15 is 0 Å². The van der Waals surface area contributed by atoms with Gasteiger partial charge in [0, 0.05) is 18.8 Å². The summed E-state index contributed by atoms with van der Waals surface area (Å²) in [4.78, 5) is 14.4. The molecule has 0 aromatic heterocycles. The highest BCUT2D eigenvalue weighted by Crippen LogP contribution is 2.17. The Labute approximate surface area is 125 Å². The van der Waals surface area contributed by atoms with Gasteiger partial charge in [0.05, 0.1) is 18.8 Å². The molecule has 1 aromatic carbocycles. The molecular weight excluding hydrogens is 268 g/mol. The molecule has 116 valence electrons. The van der Waals surface area contributed by atoms with Crippen LogP contribution in [0.2, 0.25) is 0 Å². The number of piperidine rings is 1. The number of rotatable bonds is 5. The van der Waals surface area contributed by atoms with Gasteiger partial charge in [-0.25, -0.2) is 0 Å². The molecule has 1 unspecified atom stereocenters. The lowest BCUT2D eigenvalue weighted by molar-refractivity contribution is -0.121. The van der Waals surface area contributed by atoms with Gasteiger partial charge in [0.1, 0.15) is 5.75 Å². The zero-order chi connectivity index (χ0) is 15.2. The highest BCUT2D eigenvalue weighted by atomic mass is 16.5. The second kappa shape index (κ2) is 7.43. The van der Waals surface area contributed by atoms with Gasteiger partial charge in [-0.05, 0) is 51.0 Å². The Balaban J connectivity index is 1.88. The molecule has 5 nitrogen and oxygen atoms in total. The summed E-state index contributed by atoms with van der Waals surface area (Å²) in [5.74, 6) is 0.782. The van der Waals surface area contributed by atoms with Gasteiger partial charge in [-0.15, -0.1) is 0 Å². The molecule has 1 saturated heterocycles. The normalized spacial score (nSPS) is 18.2. The maximum Gasteiger partial charge on any atom is 0.241 e. The van der Waals surface area contributed by atoms with Crippen LogP contribution in [-0.4, -0.2) is 47.8 Å². The molecule has 0 saturated carbocycles. The number of carbonyl (C=O) groups excluding carboxylic acids is 1. The molecule has 0 bridgehead atoms. The maximum absolute atomic E-state index is 12.3. The Hall–Kier alpha value is -1.59. The molecule has 21 heavy (non-hydrogen) atoms. The number of ether oxygens (including phenoxy) is 1. The summed E-state index contributed by atoms with van der Waals surface area (Å²) in [5, 5.41) is 12.4. The number of anilines is 1. The average molecular weight is 292 g/mol. The van der Waals surface area contributed by atoms with Crippen molar-refractivity contribution < 1.29 is 14.6 Å². The smallest absolute Gasteiger partial charge is 0.241 e. The lowest BCUT2D eigenvalue weighted by atomic mass is 10.1. The zero-order valence-electron chi connectivity index (χ0n) is 12.7. The molecule has 2 rings (SSSR count). The predicted molar refractivity (Wildman–Crippen MR) is 82.5 cm³/mol. The number of aliphatic hydroxyl groups excluding tert-OH is 1. The number of aliphatic hydroxyl groups is 1. The standard InChI is InChI=1S/C16H24N2O3/c1-3-21-15-6-4-13(5-7-15)17-16(20)12(2)18-10-8-14(19)9-11-18/h4-7,12,14,19H,3,8-11H2,1-2H3,(H,17,20). The first-order valence-corrected chi connectivity index (χ1v) is 7.56. The Morgan fingerprint density at radius 2 is 2.00 bits per heavy atom. The van der Waals surface area contributed by atoms with Gasteiger partial charge >= 0.3 is 0 Å². The van der Waals surface area contributed by atoms with Crippen molar-refractivity contribution >= 4 is 11.6 Å². The fourth-order valence-electron chi connectivity index (χ4n) is 2.49. The summed E-state index contributed by atoms with van der Waals surface area (Å²) >= 11 is 0. The molecule has 1 aliphatic rings. The van der Waals surface area contributed by atoms with Crippen molar-refractivity contribution in [3.63, 3.8) is 0 Å². The van der Waals surface area contributed by atoms with Gasteiger partial charge in [-0.2, -0.15) is 0 Å². The van der Waals surface area contributed by atoms with Crippen LogP contribution < -0.4 is 10.1 Å². The van der Waals surface area contributed by atoms with Gasteiger partial charge in [0.2, 0.25) is 5.91 Å². The van der Waals surface area contributed by atoms with Gasteiger partial charge < -0.3 is 15.2 Å². The quantitative estimate of drug-likeness (QED) is 0.869. The van der Waals surface area contributed by atoms with Crippen molar-refractivity contribution in [1.82, 2.24) is 4.90 Å². The minimum Gasteiger partial charge on any atom is -0.494 e. The van der Waals surface area contributed by atoms with Crippen molar-refractivity contribution in [2.75, 3.05) is 25.0 Å². The Kier molecular flexibility index (Phi) is 5.59. The number of carbonyl (C=O) groups is 1. The SMILES string of the molecule is CCOc1ccc(NC(=O)C(C)N2CCC(O)CC2)cc1. The topological polar surface area (TPSA) is 61.8 Å². The van der Waals surface area contributed by atoms with E-state index in [4.69, 9.17) is 4.74 Å². The molecule has 0 radical (unpaired) electrons. The number of likely N-dealkylation sites (tertiary alicyclic amines) is 1. The van der Waals surface area contributed by atoms with E-state index in [9.17, 15) is 9.90 Å². The summed E-state index contributed by atoms with van der Waals surface area (Å²) in [5.41, 5.74) is 0.771. The fourth-order valence-corrected chi connectivity index (χ4v) is 2.49. The van der Waals surface area contributed by atoms with Gasteiger partial charge in [0.25, 0.3) is 0 Å². The highest BCUT2D eigenvalue weighted by Gasteiger charge is 2.25. The third kappa shape index (κ3) is 4.44. The molecular formula is C16H24N2O3. The number of amides is 1. The number of hydrogen-bond acceptors (Lipinski definition) is 4. The van der Waals surface area contributed by atoms with E-state index in [2.05, 4.69) is 10.2 Å². The van der Waals surface area contributed by atoms with E-state index in [1.165, 1.54) is 0 Å². The third-order valence-corrected chi connectivity index (χ3v) is 3.86. The monoisotopic (exact) mass is 292 g/mol.